The van der Waals surface area contributed by atoms with Gasteiger partial charge in [0.2, 0.25) is 10.0 Å². The van der Waals surface area contributed by atoms with E-state index in [0.717, 1.165) is 12.7 Å². The number of aromatic amines is 1. The normalized spacial score (nSPS) is 21.9. The lowest BCUT2D eigenvalue weighted by molar-refractivity contribution is 0.267. The summed E-state index contributed by atoms with van der Waals surface area (Å²) in [7, 11) is -6.82. The summed E-state index contributed by atoms with van der Waals surface area (Å²) in [4.78, 5) is 0. The number of rotatable bonds is 5. The van der Waals surface area contributed by atoms with Crippen molar-refractivity contribution in [3.8, 4) is 0 Å². The maximum Gasteiger partial charge on any atom is 0.259 e. The summed E-state index contributed by atoms with van der Waals surface area (Å²) in [6, 6.07) is 1.41. The molecule has 114 valence electrons. The quantitative estimate of drug-likeness (QED) is 0.749. The van der Waals surface area contributed by atoms with E-state index in [-0.39, 0.29) is 17.5 Å². The number of aromatic nitrogens is 2. The third-order valence-corrected chi connectivity index (χ3v) is 5.69. The van der Waals surface area contributed by atoms with Gasteiger partial charge in [0.05, 0.1) is 12.5 Å². The Morgan fingerprint density at radius 1 is 1.45 bits per heavy atom. The van der Waals surface area contributed by atoms with Gasteiger partial charge in [-0.2, -0.15) is 9.40 Å². The van der Waals surface area contributed by atoms with E-state index >= 15 is 0 Å². The van der Waals surface area contributed by atoms with Crippen LogP contribution >= 0.6 is 0 Å². The molecule has 1 aromatic rings. The van der Waals surface area contributed by atoms with E-state index in [2.05, 4.69) is 14.9 Å². The molecule has 2 heterocycles. The number of nitrogens with one attached hydrogen (secondary N) is 2. The third kappa shape index (κ3) is 3.78. The molecule has 2 N–H and O–H groups in total. The molecule has 1 aliphatic rings. The molecule has 1 atom stereocenters. The van der Waals surface area contributed by atoms with Gasteiger partial charge >= 0.3 is 0 Å². The third-order valence-electron chi connectivity index (χ3n) is 3.21. The van der Waals surface area contributed by atoms with Crippen LogP contribution in [0.3, 0.4) is 0 Å². The van der Waals surface area contributed by atoms with Crippen molar-refractivity contribution >= 4 is 20.0 Å². The monoisotopic (exact) mass is 322 g/mol. The molecule has 0 saturated carbocycles. The van der Waals surface area contributed by atoms with Crippen molar-refractivity contribution in [2.45, 2.75) is 17.9 Å². The van der Waals surface area contributed by atoms with Gasteiger partial charge in [0.25, 0.3) is 10.0 Å². The van der Waals surface area contributed by atoms with Gasteiger partial charge in [-0.25, -0.2) is 21.6 Å². The van der Waals surface area contributed by atoms with Crippen molar-refractivity contribution in [2.24, 2.45) is 5.92 Å². The molecule has 0 aliphatic carbocycles. The minimum atomic E-state index is -3.57. The summed E-state index contributed by atoms with van der Waals surface area (Å²) in [6.07, 6.45) is 4.00. The average Bonchev–Trinajstić information content (AvgIpc) is 2.90. The van der Waals surface area contributed by atoms with Crippen LogP contribution in [0.15, 0.2) is 17.3 Å². The predicted molar refractivity (Wildman–Crippen MR) is 72.9 cm³/mol. The Morgan fingerprint density at radius 2 is 2.20 bits per heavy atom. The molecule has 1 aliphatic heterocycles. The Morgan fingerprint density at radius 3 is 2.80 bits per heavy atom. The first-order valence-electron chi connectivity index (χ1n) is 6.23. The van der Waals surface area contributed by atoms with Crippen LogP contribution in [-0.2, 0) is 20.0 Å². The lowest BCUT2D eigenvalue weighted by Crippen LogP contribution is -2.43. The molecule has 1 unspecified atom stereocenters. The minimum absolute atomic E-state index is 0.0174. The first-order valence-corrected chi connectivity index (χ1v) is 9.56. The summed E-state index contributed by atoms with van der Waals surface area (Å²) >= 11 is 0. The average molecular weight is 322 g/mol. The highest BCUT2D eigenvalue weighted by molar-refractivity contribution is 7.89. The fraction of sp³-hybridized carbons (Fsp3) is 0.700. The number of piperidine rings is 1. The molecule has 1 fully saturated rings. The second kappa shape index (κ2) is 5.80. The molecule has 8 nitrogen and oxygen atoms in total. The van der Waals surface area contributed by atoms with E-state index in [1.165, 1.54) is 16.6 Å². The van der Waals surface area contributed by atoms with Crippen LogP contribution in [0.2, 0.25) is 0 Å². The van der Waals surface area contributed by atoms with Crippen molar-refractivity contribution in [3.05, 3.63) is 12.3 Å². The molecule has 10 heteroatoms. The first-order chi connectivity index (χ1) is 9.29. The number of hydrogen-bond donors (Lipinski definition) is 2. The fourth-order valence-electron chi connectivity index (χ4n) is 2.21. The molecule has 20 heavy (non-hydrogen) atoms. The number of nitrogens with zero attached hydrogens (tertiary/aromatic N) is 2. The second-order valence-electron chi connectivity index (χ2n) is 4.91. The second-order valence-corrected chi connectivity index (χ2v) is 8.65. The van der Waals surface area contributed by atoms with E-state index < -0.39 is 20.0 Å². The molecule has 2 rings (SSSR count). The molecule has 1 aromatic heterocycles. The van der Waals surface area contributed by atoms with Gasteiger partial charge in [0, 0.05) is 19.6 Å². The Bertz CT molecular complexity index is 639. The van der Waals surface area contributed by atoms with Crippen molar-refractivity contribution in [1.82, 2.24) is 19.2 Å². The van der Waals surface area contributed by atoms with Gasteiger partial charge in [-0.15, -0.1) is 0 Å². The largest absolute Gasteiger partial charge is 0.266 e. The first kappa shape index (κ1) is 15.4. The molecular formula is C10H18N4O4S2. The zero-order valence-electron chi connectivity index (χ0n) is 11.1. The van der Waals surface area contributed by atoms with Crippen LogP contribution in [0.5, 0.6) is 0 Å². The Balaban J connectivity index is 2.04. The standard InChI is InChI=1S/C10H18N4O4S2/c1-19(15,16)12-7-9-3-2-6-14(8-9)20(17,18)10-4-5-11-13-10/h4-5,9,12H,2-3,6-8H2,1H3,(H,11,13). The highest BCUT2D eigenvalue weighted by Crippen LogP contribution is 2.22. The molecule has 0 bridgehead atoms. The van der Waals surface area contributed by atoms with Crippen LogP contribution in [0.25, 0.3) is 0 Å². The summed E-state index contributed by atoms with van der Waals surface area (Å²) in [5, 5.41) is 6.17. The van der Waals surface area contributed by atoms with E-state index in [1.807, 2.05) is 0 Å². The lowest BCUT2D eigenvalue weighted by Gasteiger charge is -2.31. The minimum Gasteiger partial charge on any atom is -0.266 e. The fourth-order valence-corrected chi connectivity index (χ4v) is 4.20. The molecule has 0 amide bonds. The molecular weight excluding hydrogens is 304 g/mol. The topological polar surface area (TPSA) is 112 Å². The van der Waals surface area contributed by atoms with E-state index in [4.69, 9.17) is 0 Å². The van der Waals surface area contributed by atoms with Crippen molar-refractivity contribution in [1.29, 1.82) is 0 Å². The van der Waals surface area contributed by atoms with E-state index in [9.17, 15) is 16.8 Å². The van der Waals surface area contributed by atoms with E-state index in [1.54, 1.807) is 0 Å². The summed E-state index contributed by atoms with van der Waals surface area (Å²) in [5.41, 5.74) is 0. The van der Waals surface area contributed by atoms with Gasteiger partial charge in [-0.05, 0) is 24.8 Å². The number of H-pyrrole nitrogens is 1. The molecule has 0 aromatic carbocycles. The molecule has 0 radical (unpaired) electrons. The predicted octanol–water partition coefficient (Wildman–Crippen LogP) is -0.640. The van der Waals surface area contributed by atoms with Crippen LogP contribution in [-0.4, -0.2) is 57.2 Å². The van der Waals surface area contributed by atoms with Gasteiger partial charge in [0.15, 0.2) is 5.03 Å². The van der Waals surface area contributed by atoms with E-state index in [0.29, 0.717) is 19.5 Å². The maximum absolute atomic E-state index is 12.3. The summed E-state index contributed by atoms with van der Waals surface area (Å²) in [5.74, 6) is -0.0174. The molecule has 0 spiro atoms. The van der Waals surface area contributed by atoms with Crippen molar-refractivity contribution in [3.63, 3.8) is 0 Å². The highest BCUT2D eigenvalue weighted by Gasteiger charge is 2.31. The zero-order chi connectivity index (χ0) is 14.8. The Labute approximate surface area is 118 Å². The maximum atomic E-state index is 12.3. The van der Waals surface area contributed by atoms with Gasteiger partial charge in [0.1, 0.15) is 0 Å². The number of sulfonamides is 2. The number of hydrogen-bond acceptors (Lipinski definition) is 5. The van der Waals surface area contributed by atoms with Gasteiger partial charge in [-0.3, -0.25) is 5.10 Å². The Kier molecular flexibility index (Phi) is 4.47. The van der Waals surface area contributed by atoms with Gasteiger partial charge < -0.3 is 0 Å². The van der Waals surface area contributed by atoms with Crippen molar-refractivity contribution in [2.75, 3.05) is 25.9 Å². The lowest BCUT2D eigenvalue weighted by atomic mass is 10.0. The molecule has 1 saturated heterocycles. The van der Waals surface area contributed by atoms with Crippen LogP contribution in [0.1, 0.15) is 12.8 Å². The summed E-state index contributed by atoms with van der Waals surface area (Å²) < 4.78 is 50.6. The van der Waals surface area contributed by atoms with Crippen LogP contribution < -0.4 is 4.72 Å². The smallest absolute Gasteiger partial charge is 0.259 e. The SMILES string of the molecule is CS(=O)(=O)NCC1CCCN(S(=O)(=O)c2ccn[nH]2)C1. The summed E-state index contributed by atoms with van der Waals surface area (Å²) in [6.45, 7) is 1.01. The zero-order valence-corrected chi connectivity index (χ0v) is 12.7. The highest BCUT2D eigenvalue weighted by atomic mass is 32.2. The van der Waals surface area contributed by atoms with Crippen LogP contribution in [0, 0.1) is 5.92 Å². The van der Waals surface area contributed by atoms with Crippen LogP contribution in [0.4, 0.5) is 0 Å². The van der Waals surface area contributed by atoms with Crippen molar-refractivity contribution < 1.29 is 16.8 Å². The Hall–Kier alpha value is -0.970. The van der Waals surface area contributed by atoms with Gasteiger partial charge in [-0.1, -0.05) is 0 Å².